The number of benzene rings is 1. The van der Waals surface area contributed by atoms with E-state index in [-0.39, 0.29) is 17.6 Å². The van der Waals surface area contributed by atoms with Gasteiger partial charge in [-0.15, -0.1) is 0 Å². The van der Waals surface area contributed by atoms with Crippen molar-refractivity contribution in [2.45, 2.75) is 32.4 Å². The smallest absolute Gasteiger partial charge is 0.267 e. The average Bonchev–Trinajstić information content (AvgIpc) is 3.49. The summed E-state index contributed by atoms with van der Waals surface area (Å²) >= 11 is 6.70. The number of pyridine rings is 1. The highest BCUT2D eigenvalue weighted by atomic mass is 32.2. The molecule has 0 radical (unpaired) electrons. The quantitative estimate of drug-likeness (QED) is 0.368. The van der Waals surface area contributed by atoms with Crippen LogP contribution in [0.2, 0.25) is 0 Å². The molecule has 3 aromatic rings. The lowest BCUT2D eigenvalue weighted by Gasteiger charge is -2.15. The molecule has 2 aromatic heterocycles. The lowest BCUT2D eigenvalue weighted by atomic mass is 10.2. The maximum atomic E-state index is 13.5. The van der Waals surface area contributed by atoms with Crippen LogP contribution in [0.25, 0.3) is 11.7 Å². The molecule has 8 nitrogen and oxygen atoms in total. The number of aromatic nitrogens is 2. The van der Waals surface area contributed by atoms with Crippen LogP contribution in [0.15, 0.2) is 52.3 Å². The zero-order valence-corrected chi connectivity index (χ0v) is 21.7. The van der Waals surface area contributed by atoms with Crippen molar-refractivity contribution in [2.75, 3.05) is 25.6 Å². The number of thioether (sulfide) groups is 1. The SMILES string of the molecule is COc1ccc(CN2C(=O)/C(=C/c3c(NCC4CCCO4)nc4ccc(C)cn4c3=O)SC2=S)cc1. The molecule has 1 unspecified atom stereocenters. The Balaban J connectivity index is 1.48. The molecule has 1 atom stereocenters. The van der Waals surface area contributed by atoms with Crippen LogP contribution in [0.1, 0.15) is 29.5 Å². The summed E-state index contributed by atoms with van der Waals surface area (Å²) in [6.07, 6.45) is 5.40. The number of methoxy groups -OCH3 is 1. The van der Waals surface area contributed by atoms with Gasteiger partial charge in [-0.25, -0.2) is 4.98 Å². The van der Waals surface area contributed by atoms with Crippen LogP contribution >= 0.6 is 24.0 Å². The van der Waals surface area contributed by atoms with Crippen molar-refractivity contribution in [2.24, 2.45) is 0 Å². The molecular weight excluding hydrogens is 496 g/mol. The topological polar surface area (TPSA) is 85.2 Å². The van der Waals surface area contributed by atoms with E-state index in [1.165, 1.54) is 16.2 Å². The lowest BCUT2D eigenvalue weighted by Crippen LogP contribution is -2.27. The Morgan fingerprint density at radius 1 is 1.25 bits per heavy atom. The number of ether oxygens (including phenoxy) is 2. The molecule has 0 spiro atoms. The Labute approximate surface area is 218 Å². The highest BCUT2D eigenvalue weighted by molar-refractivity contribution is 8.26. The second-order valence-electron chi connectivity index (χ2n) is 8.75. The number of nitrogens with zero attached hydrogens (tertiary/aromatic N) is 3. The van der Waals surface area contributed by atoms with Crippen LogP contribution in [0.3, 0.4) is 0 Å². The number of hydrogen-bond donors (Lipinski definition) is 1. The van der Waals surface area contributed by atoms with Crippen LogP contribution in [0.4, 0.5) is 5.82 Å². The largest absolute Gasteiger partial charge is 0.497 e. The van der Waals surface area contributed by atoms with E-state index in [1.807, 2.05) is 43.3 Å². The van der Waals surface area contributed by atoms with Gasteiger partial charge in [0.05, 0.1) is 30.2 Å². The molecule has 2 saturated heterocycles. The van der Waals surface area contributed by atoms with Crippen LogP contribution in [0, 0.1) is 6.92 Å². The average molecular weight is 523 g/mol. The fraction of sp³-hybridized carbons (Fsp3) is 0.308. The van der Waals surface area contributed by atoms with E-state index in [1.54, 1.807) is 24.3 Å². The maximum Gasteiger partial charge on any atom is 0.267 e. The minimum absolute atomic E-state index is 0.0684. The zero-order chi connectivity index (χ0) is 25.2. The molecule has 5 rings (SSSR count). The van der Waals surface area contributed by atoms with E-state index in [0.29, 0.717) is 39.3 Å². The van der Waals surface area contributed by atoms with Crippen LogP contribution in [-0.2, 0) is 16.1 Å². The molecule has 0 bridgehead atoms. The van der Waals surface area contributed by atoms with Gasteiger partial charge in [0.25, 0.3) is 11.5 Å². The van der Waals surface area contributed by atoms with E-state index in [0.717, 1.165) is 36.3 Å². The van der Waals surface area contributed by atoms with Gasteiger partial charge in [0.15, 0.2) is 0 Å². The van der Waals surface area contributed by atoms with E-state index in [9.17, 15) is 9.59 Å². The third-order valence-corrected chi connectivity index (χ3v) is 7.55. The van der Waals surface area contributed by atoms with Crippen molar-refractivity contribution in [3.8, 4) is 5.75 Å². The van der Waals surface area contributed by atoms with Crippen LogP contribution in [0.5, 0.6) is 5.75 Å². The molecule has 0 aliphatic carbocycles. The summed E-state index contributed by atoms with van der Waals surface area (Å²) in [6.45, 7) is 3.53. The molecule has 10 heteroatoms. The van der Waals surface area contributed by atoms with Gasteiger partial charge in [-0.05, 0) is 55.2 Å². The first-order chi connectivity index (χ1) is 17.4. The third-order valence-electron chi connectivity index (χ3n) is 6.18. The Morgan fingerprint density at radius 2 is 2.06 bits per heavy atom. The molecule has 186 valence electrons. The summed E-state index contributed by atoms with van der Waals surface area (Å²) < 4.78 is 12.9. The van der Waals surface area contributed by atoms with Gasteiger partial charge < -0.3 is 14.8 Å². The highest BCUT2D eigenvalue weighted by Crippen LogP contribution is 2.34. The number of rotatable bonds is 7. The molecule has 4 heterocycles. The first-order valence-corrected chi connectivity index (χ1v) is 12.9. The minimum atomic E-state index is -0.251. The Kier molecular flexibility index (Phi) is 7.08. The summed E-state index contributed by atoms with van der Waals surface area (Å²) in [7, 11) is 1.61. The third kappa shape index (κ3) is 5.02. The fourth-order valence-corrected chi connectivity index (χ4v) is 5.46. The number of fused-ring (bicyclic) bond motifs is 1. The molecule has 2 aliphatic rings. The van der Waals surface area contributed by atoms with Gasteiger partial charge in [0.1, 0.15) is 21.5 Å². The van der Waals surface area contributed by atoms with Crippen molar-refractivity contribution in [3.05, 3.63) is 74.5 Å². The zero-order valence-electron chi connectivity index (χ0n) is 20.0. The van der Waals surface area contributed by atoms with Gasteiger partial charge in [0, 0.05) is 19.3 Å². The molecule has 2 aliphatic heterocycles. The molecule has 2 fully saturated rings. The number of carbonyl (C=O) groups excluding carboxylic acids is 1. The molecular formula is C26H26N4O4S2. The summed E-state index contributed by atoms with van der Waals surface area (Å²) in [5.41, 5.74) is 2.46. The van der Waals surface area contributed by atoms with Crippen molar-refractivity contribution in [1.29, 1.82) is 0 Å². The van der Waals surface area contributed by atoms with Crippen LogP contribution in [-0.4, -0.2) is 50.9 Å². The summed E-state index contributed by atoms with van der Waals surface area (Å²) in [4.78, 5) is 33.5. The predicted octanol–water partition coefficient (Wildman–Crippen LogP) is 4.00. The van der Waals surface area contributed by atoms with E-state index < -0.39 is 0 Å². The Bertz CT molecular complexity index is 1410. The number of nitrogens with one attached hydrogen (secondary N) is 1. The van der Waals surface area contributed by atoms with Gasteiger partial charge in [-0.3, -0.25) is 18.9 Å². The summed E-state index contributed by atoms with van der Waals surface area (Å²) in [5, 5.41) is 3.29. The van der Waals surface area contributed by atoms with Crippen molar-refractivity contribution >= 4 is 51.7 Å². The first kappa shape index (κ1) is 24.5. The van der Waals surface area contributed by atoms with Gasteiger partial charge in [-0.1, -0.05) is 42.2 Å². The van der Waals surface area contributed by atoms with Gasteiger partial charge in [-0.2, -0.15) is 0 Å². The Morgan fingerprint density at radius 3 is 2.78 bits per heavy atom. The van der Waals surface area contributed by atoms with E-state index in [2.05, 4.69) is 5.32 Å². The summed E-state index contributed by atoms with van der Waals surface area (Å²) in [6, 6.07) is 11.2. The number of thiocarbonyl (C=S) groups is 1. The fourth-order valence-electron chi connectivity index (χ4n) is 4.22. The number of carbonyl (C=O) groups is 1. The monoisotopic (exact) mass is 522 g/mol. The Hall–Kier alpha value is -3.21. The molecule has 0 saturated carbocycles. The first-order valence-electron chi connectivity index (χ1n) is 11.7. The normalized spacial score (nSPS) is 19.0. The number of aryl methyl sites for hydroxylation is 1. The lowest BCUT2D eigenvalue weighted by molar-refractivity contribution is -0.122. The molecule has 1 amide bonds. The van der Waals surface area contributed by atoms with Crippen LogP contribution < -0.4 is 15.6 Å². The predicted molar refractivity (Wildman–Crippen MR) is 145 cm³/mol. The van der Waals surface area contributed by atoms with Gasteiger partial charge in [0.2, 0.25) is 0 Å². The number of amides is 1. The van der Waals surface area contributed by atoms with Crippen molar-refractivity contribution in [1.82, 2.24) is 14.3 Å². The second-order valence-corrected chi connectivity index (χ2v) is 10.4. The minimum Gasteiger partial charge on any atom is -0.497 e. The van der Waals surface area contributed by atoms with Crippen molar-refractivity contribution < 1.29 is 14.3 Å². The maximum absolute atomic E-state index is 13.5. The second kappa shape index (κ2) is 10.4. The van der Waals surface area contributed by atoms with E-state index >= 15 is 0 Å². The van der Waals surface area contributed by atoms with Crippen molar-refractivity contribution in [3.63, 3.8) is 0 Å². The number of anilines is 1. The summed E-state index contributed by atoms with van der Waals surface area (Å²) in [5.74, 6) is 0.936. The standard InChI is InChI=1S/C26H26N4O4S2/c1-16-5-10-22-28-23(27-13-19-4-3-11-34-19)20(24(31)29(22)14-16)12-21-25(32)30(26(35)36-21)15-17-6-8-18(33-2)9-7-17/h5-10,12,14,19,27H,3-4,11,13,15H2,1-2H3/b21-12-. The van der Waals surface area contributed by atoms with E-state index in [4.69, 9.17) is 26.7 Å². The molecule has 1 N–H and O–H groups in total. The number of hydrogen-bond acceptors (Lipinski definition) is 8. The molecule has 36 heavy (non-hydrogen) atoms. The molecule has 1 aromatic carbocycles. The highest BCUT2D eigenvalue weighted by Gasteiger charge is 2.33. The van der Waals surface area contributed by atoms with Gasteiger partial charge >= 0.3 is 0 Å².